The number of thiophene rings is 1. The number of methoxy groups -OCH3 is 2. The molecule has 0 spiro atoms. The summed E-state index contributed by atoms with van der Waals surface area (Å²) in [5.41, 5.74) is 3.30. The SMILES string of the molecule is COC(=O)c1c(NC(=O)C=Cc2cc(Br)c(OCc3ccccc3)c(OC)c2)sc2c1CCCC2. The van der Waals surface area contributed by atoms with Crippen LogP contribution in [0.3, 0.4) is 0 Å². The van der Waals surface area contributed by atoms with Crippen molar-refractivity contribution in [3.05, 3.63) is 80.1 Å². The monoisotopic (exact) mass is 555 g/mol. The van der Waals surface area contributed by atoms with Gasteiger partial charge in [0.2, 0.25) is 5.91 Å². The lowest BCUT2D eigenvalue weighted by Gasteiger charge is -2.13. The zero-order valence-electron chi connectivity index (χ0n) is 19.6. The summed E-state index contributed by atoms with van der Waals surface area (Å²) < 4.78 is 17.2. The summed E-state index contributed by atoms with van der Waals surface area (Å²) in [5, 5.41) is 3.41. The van der Waals surface area contributed by atoms with E-state index in [1.807, 2.05) is 36.4 Å². The Bertz CT molecular complexity index is 1250. The molecule has 0 saturated carbocycles. The van der Waals surface area contributed by atoms with Crippen LogP contribution in [-0.2, 0) is 29.0 Å². The number of hydrogen-bond donors (Lipinski definition) is 1. The number of benzene rings is 2. The minimum atomic E-state index is -0.413. The second kappa shape index (κ2) is 11.6. The van der Waals surface area contributed by atoms with Gasteiger partial charge in [0.05, 0.1) is 24.3 Å². The Morgan fingerprint density at radius 1 is 1.11 bits per heavy atom. The number of carbonyl (C=O) groups excluding carboxylic acids is 2. The van der Waals surface area contributed by atoms with Crippen LogP contribution < -0.4 is 14.8 Å². The lowest BCUT2D eigenvalue weighted by atomic mass is 9.95. The predicted molar refractivity (Wildman–Crippen MR) is 141 cm³/mol. The van der Waals surface area contributed by atoms with Crippen LogP contribution >= 0.6 is 27.3 Å². The molecule has 8 heteroatoms. The third kappa shape index (κ3) is 5.94. The number of esters is 1. The molecule has 1 heterocycles. The van der Waals surface area contributed by atoms with E-state index in [0.717, 1.165) is 47.3 Å². The molecular weight excluding hydrogens is 530 g/mol. The second-order valence-corrected chi connectivity index (χ2v) is 10.00. The Labute approximate surface area is 217 Å². The van der Waals surface area contributed by atoms with E-state index in [4.69, 9.17) is 14.2 Å². The molecule has 0 bridgehead atoms. The molecule has 1 amide bonds. The van der Waals surface area contributed by atoms with E-state index in [2.05, 4.69) is 21.2 Å². The number of fused-ring (bicyclic) bond motifs is 1. The van der Waals surface area contributed by atoms with Crippen molar-refractivity contribution in [2.45, 2.75) is 32.3 Å². The van der Waals surface area contributed by atoms with Crippen molar-refractivity contribution in [1.29, 1.82) is 0 Å². The molecule has 0 saturated heterocycles. The highest BCUT2D eigenvalue weighted by molar-refractivity contribution is 9.10. The molecule has 2 aromatic carbocycles. The Morgan fingerprint density at radius 2 is 1.89 bits per heavy atom. The summed E-state index contributed by atoms with van der Waals surface area (Å²) in [7, 11) is 2.93. The fraction of sp³-hybridized carbons (Fsp3) is 0.259. The molecule has 182 valence electrons. The third-order valence-electron chi connectivity index (χ3n) is 5.70. The molecule has 3 aromatic rings. The topological polar surface area (TPSA) is 73.9 Å². The van der Waals surface area contributed by atoms with E-state index >= 15 is 0 Å². The van der Waals surface area contributed by atoms with Gasteiger partial charge in [0.15, 0.2) is 11.5 Å². The van der Waals surface area contributed by atoms with Gasteiger partial charge in [-0.25, -0.2) is 4.79 Å². The number of carbonyl (C=O) groups is 2. The van der Waals surface area contributed by atoms with Gasteiger partial charge in [-0.2, -0.15) is 0 Å². The maximum atomic E-state index is 12.7. The first kappa shape index (κ1) is 25.0. The van der Waals surface area contributed by atoms with Crippen molar-refractivity contribution in [2.75, 3.05) is 19.5 Å². The minimum Gasteiger partial charge on any atom is -0.493 e. The smallest absolute Gasteiger partial charge is 0.341 e. The first-order valence-corrected chi connectivity index (χ1v) is 12.9. The molecular formula is C27H26BrNO5S. The average Bonchev–Trinajstić information content (AvgIpc) is 3.24. The van der Waals surface area contributed by atoms with Gasteiger partial charge in [0, 0.05) is 11.0 Å². The van der Waals surface area contributed by atoms with E-state index < -0.39 is 5.97 Å². The Balaban J connectivity index is 1.49. The van der Waals surface area contributed by atoms with Crippen LogP contribution in [0.1, 0.15) is 44.8 Å². The highest BCUT2D eigenvalue weighted by Crippen LogP contribution is 2.39. The van der Waals surface area contributed by atoms with Crippen molar-refractivity contribution in [3.63, 3.8) is 0 Å². The van der Waals surface area contributed by atoms with Crippen LogP contribution in [0.5, 0.6) is 11.5 Å². The number of halogens is 1. The van der Waals surface area contributed by atoms with Crippen LogP contribution in [0, 0.1) is 0 Å². The summed E-state index contributed by atoms with van der Waals surface area (Å²) >= 11 is 5.01. The number of rotatable bonds is 8. The Hall–Kier alpha value is -3.10. The number of anilines is 1. The van der Waals surface area contributed by atoms with Gasteiger partial charge in [-0.1, -0.05) is 30.3 Å². The van der Waals surface area contributed by atoms with Gasteiger partial charge in [0.25, 0.3) is 0 Å². The van der Waals surface area contributed by atoms with E-state index in [1.54, 1.807) is 19.3 Å². The molecule has 0 atom stereocenters. The van der Waals surface area contributed by atoms with E-state index in [0.29, 0.717) is 33.1 Å². The maximum absolute atomic E-state index is 12.7. The van der Waals surface area contributed by atoms with Crippen LogP contribution in [0.25, 0.3) is 6.08 Å². The minimum absolute atomic E-state index is 0.326. The molecule has 6 nitrogen and oxygen atoms in total. The highest BCUT2D eigenvalue weighted by atomic mass is 79.9. The zero-order valence-corrected chi connectivity index (χ0v) is 22.0. The highest BCUT2D eigenvalue weighted by Gasteiger charge is 2.26. The van der Waals surface area contributed by atoms with E-state index in [9.17, 15) is 9.59 Å². The number of amides is 1. The molecule has 1 aromatic heterocycles. The molecule has 4 rings (SSSR count). The number of aryl methyl sites for hydroxylation is 1. The standard InChI is InChI=1S/C27H26BrNO5S/c1-32-21-15-18(14-20(28)25(21)34-16-17-8-4-3-5-9-17)12-13-23(30)29-26-24(27(31)33-2)19-10-6-7-11-22(19)35-26/h3-5,8-9,12-15H,6-7,10-11,16H2,1-2H3,(H,29,30). The quantitative estimate of drug-likeness (QED) is 0.256. The van der Waals surface area contributed by atoms with Gasteiger partial charge in [-0.3, -0.25) is 4.79 Å². The summed E-state index contributed by atoms with van der Waals surface area (Å²) in [6.07, 6.45) is 6.99. The molecule has 1 aliphatic carbocycles. The second-order valence-electron chi connectivity index (χ2n) is 8.04. The molecule has 1 N–H and O–H groups in total. The van der Waals surface area contributed by atoms with Crippen molar-refractivity contribution in [1.82, 2.24) is 0 Å². The number of ether oxygens (including phenoxy) is 3. The van der Waals surface area contributed by atoms with Gasteiger partial charge >= 0.3 is 5.97 Å². The van der Waals surface area contributed by atoms with Crippen LogP contribution in [0.15, 0.2) is 53.0 Å². The lowest BCUT2D eigenvalue weighted by molar-refractivity contribution is -0.111. The van der Waals surface area contributed by atoms with E-state index in [1.165, 1.54) is 24.5 Å². The Morgan fingerprint density at radius 3 is 2.63 bits per heavy atom. The van der Waals surface area contributed by atoms with Crippen molar-refractivity contribution in [3.8, 4) is 11.5 Å². The van der Waals surface area contributed by atoms with Gasteiger partial charge < -0.3 is 19.5 Å². The van der Waals surface area contributed by atoms with Crippen molar-refractivity contribution < 1.29 is 23.8 Å². The fourth-order valence-electron chi connectivity index (χ4n) is 4.00. The summed E-state index contributed by atoms with van der Waals surface area (Å²) in [6, 6.07) is 13.5. The van der Waals surface area contributed by atoms with Crippen LogP contribution in [0.2, 0.25) is 0 Å². The average molecular weight is 556 g/mol. The van der Waals surface area contributed by atoms with Gasteiger partial charge in [-0.15, -0.1) is 11.3 Å². The largest absolute Gasteiger partial charge is 0.493 e. The van der Waals surface area contributed by atoms with Crippen LogP contribution in [-0.4, -0.2) is 26.1 Å². The Kier molecular flexibility index (Phi) is 8.25. The molecule has 1 aliphatic rings. The summed E-state index contributed by atoms with van der Waals surface area (Å²) in [5.74, 6) is 0.399. The molecule has 0 fully saturated rings. The summed E-state index contributed by atoms with van der Waals surface area (Å²) in [4.78, 5) is 26.3. The van der Waals surface area contributed by atoms with Crippen LogP contribution in [0.4, 0.5) is 5.00 Å². The van der Waals surface area contributed by atoms with Crippen molar-refractivity contribution in [2.24, 2.45) is 0 Å². The fourth-order valence-corrected chi connectivity index (χ4v) is 5.86. The normalized spacial score (nSPS) is 12.8. The molecule has 0 aliphatic heterocycles. The zero-order chi connectivity index (χ0) is 24.8. The summed E-state index contributed by atoms with van der Waals surface area (Å²) in [6.45, 7) is 0.403. The molecule has 0 radical (unpaired) electrons. The maximum Gasteiger partial charge on any atom is 0.341 e. The first-order valence-electron chi connectivity index (χ1n) is 11.3. The number of nitrogens with one attached hydrogen (secondary N) is 1. The third-order valence-corrected chi connectivity index (χ3v) is 7.50. The first-order chi connectivity index (χ1) is 17.0. The molecule has 35 heavy (non-hydrogen) atoms. The predicted octanol–water partition coefficient (Wildman–Crippen LogP) is 6.42. The van der Waals surface area contributed by atoms with Gasteiger partial charge in [0.1, 0.15) is 11.6 Å². The van der Waals surface area contributed by atoms with Crippen molar-refractivity contribution >= 4 is 50.2 Å². The van der Waals surface area contributed by atoms with Gasteiger partial charge in [-0.05, 0) is 76.5 Å². The van der Waals surface area contributed by atoms with E-state index in [-0.39, 0.29) is 5.91 Å². The lowest BCUT2D eigenvalue weighted by Crippen LogP contribution is -2.13. The molecule has 0 unspecified atom stereocenters. The number of hydrogen-bond acceptors (Lipinski definition) is 6.